The normalized spacial score (nSPS) is 23.1. The topological polar surface area (TPSA) is 77.6 Å². The van der Waals surface area contributed by atoms with Crippen molar-refractivity contribution in [2.75, 3.05) is 55.9 Å². The maximum Gasteiger partial charge on any atom is 0.336 e. The number of rotatable bonds is 3. The quantitative estimate of drug-likeness (QED) is 0.466. The minimum atomic E-state index is -0.413. The standard InChI is InChI=1S/C26H31ClN5O4S/c1-3-36-25(33)17-8-9-21-23(17)18-14-30(20-7-5-4-6-19(20)27)15-22-31(24(18)37(21)2)16-28-32(22)26(34)29-10-12-35-13-11-29/h4-9,17,22,28H,3,10-16H2,1-2H3/q+1. The van der Waals surface area contributed by atoms with Crippen molar-refractivity contribution in [3.8, 4) is 0 Å². The molecule has 0 radical (unpaired) electrons. The van der Waals surface area contributed by atoms with E-state index >= 15 is 0 Å². The molecule has 6 rings (SSSR count). The summed E-state index contributed by atoms with van der Waals surface area (Å²) in [5, 5.41) is 3.61. The van der Waals surface area contributed by atoms with Gasteiger partial charge in [0.25, 0.3) is 5.00 Å². The van der Waals surface area contributed by atoms with E-state index in [1.807, 2.05) is 42.2 Å². The molecule has 2 amide bonds. The number of carbonyl (C=O) groups excluding carboxylic acids is 2. The zero-order valence-electron chi connectivity index (χ0n) is 21.0. The lowest BCUT2D eigenvalue weighted by Gasteiger charge is -2.35. The summed E-state index contributed by atoms with van der Waals surface area (Å²) in [7, 11) is -0.248. The number of morpholine rings is 1. The highest BCUT2D eigenvalue weighted by Gasteiger charge is 2.49. The third kappa shape index (κ3) is 4.06. The van der Waals surface area contributed by atoms with Crippen LogP contribution in [0.3, 0.4) is 0 Å². The van der Waals surface area contributed by atoms with E-state index in [2.05, 4.69) is 27.6 Å². The van der Waals surface area contributed by atoms with Crippen molar-refractivity contribution >= 4 is 50.8 Å². The van der Waals surface area contributed by atoms with E-state index in [-0.39, 0.29) is 28.6 Å². The largest absolute Gasteiger partial charge is 0.465 e. The lowest BCUT2D eigenvalue weighted by molar-refractivity contribution is -0.143. The molecule has 1 aromatic heterocycles. The third-order valence-electron chi connectivity index (χ3n) is 7.50. The molecule has 2 aromatic rings. The van der Waals surface area contributed by atoms with Gasteiger partial charge in [-0.2, -0.15) is 0 Å². The van der Waals surface area contributed by atoms with Gasteiger partial charge in [-0.25, -0.2) is 15.2 Å². The number of ether oxygens (including phenoxy) is 2. The molecule has 4 aliphatic rings. The Labute approximate surface area is 224 Å². The van der Waals surface area contributed by atoms with E-state index in [0.717, 1.165) is 16.8 Å². The number of para-hydroxylation sites is 1. The summed E-state index contributed by atoms with van der Waals surface area (Å²) in [5.41, 5.74) is 6.47. The van der Waals surface area contributed by atoms with Crippen LogP contribution in [0, 0.1) is 0 Å². The van der Waals surface area contributed by atoms with Gasteiger partial charge in [0.2, 0.25) is 0 Å². The van der Waals surface area contributed by atoms with Gasteiger partial charge in [-0.05, 0) is 25.1 Å². The number of amides is 2. The third-order valence-corrected chi connectivity index (χ3v) is 9.90. The molecule has 1 aromatic carbocycles. The first-order valence-corrected chi connectivity index (χ1v) is 14.6. The minimum Gasteiger partial charge on any atom is -0.465 e. The first kappa shape index (κ1) is 24.5. The van der Waals surface area contributed by atoms with Crippen molar-refractivity contribution in [1.29, 1.82) is 0 Å². The zero-order valence-corrected chi connectivity index (χ0v) is 22.6. The average molecular weight is 545 g/mol. The average Bonchev–Trinajstić information content (AvgIpc) is 3.56. The van der Waals surface area contributed by atoms with Crippen molar-refractivity contribution in [3.05, 3.63) is 51.4 Å². The number of thiophene rings is 1. The van der Waals surface area contributed by atoms with Gasteiger partial charge in [0.15, 0.2) is 4.88 Å². The Morgan fingerprint density at radius 2 is 2.03 bits per heavy atom. The van der Waals surface area contributed by atoms with Gasteiger partial charge < -0.3 is 19.3 Å². The van der Waals surface area contributed by atoms with Crippen molar-refractivity contribution < 1.29 is 19.1 Å². The highest BCUT2D eigenvalue weighted by Crippen LogP contribution is 2.53. The molecular formula is C26H31ClN5O4S+. The van der Waals surface area contributed by atoms with Crippen LogP contribution >= 0.6 is 22.1 Å². The second kappa shape index (κ2) is 9.83. The fourth-order valence-electron chi connectivity index (χ4n) is 5.80. The minimum absolute atomic E-state index is 0.0438. The molecule has 196 valence electrons. The molecule has 0 spiro atoms. The van der Waals surface area contributed by atoms with E-state index in [4.69, 9.17) is 21.1 Å². The molecule has 3 atom stereocenters. The van der Waals surface area contributed by atoms with Gasteiger partial charge in [-0.1, -0.05) is 29.8 Å². The summed E-state index contributed by atoms with van der Waals surface area (Å²) in [6.45, 7) is 6.10. The van der Waals surface area contributed by atoms with Crippen LogP contribution in [-0.4, -0.2) is 74.2 Å². The number of carbonyl (C=O) groups is 2. The fraction of sp³-hybridized carbons (Fsp3) is 0.462. The Morgan fingerprint density at radius 1 is 1.24 bits per heavy atom. The molecule has 3 aliphatic heterocycles. The number of urea groups is 1. The number of halogens is 1. The highest BCUT2D eigenvalue weighted by atomic mass is 35.5. The summed E-state index contributed by atoms with van der Waals surface area (Å²) >= 11 is 6.69. The van der Waals surface area contributed by atoms with Gasteiger partial charge in [0.1, 0.15) is 18.3 Å². The van der Waals surface area contributed by atoms with E-state index in [9.17, 15) is 9.59 Å². The Balaban J connectivity index is 1.44. The number of benzene rings is 1. The molecule has 4 heterocycles. The van der Waals surface area contributed by atoms with Crippen LogP contribution in [0.4, 0.5) is 15.5 Å². The van der Waals surface area contributed by atoms with Crippen LogP contribution in [0.5, 0.6) is 0 Å². The maximum atomic E-state index is 13.6. The van der Waals surface area contributed by atoms with Crippen LogP contribution in [-0.2, 0) is 27.1 Å². The Hall–Kier alpha value is -2.79. The fourth-order valence-corrected chi connectivity index (χ4v) is 8.21. The van der Waals surface area contributed by atoms with E-state index < -0.39 is 5.92 Å². The monoisotopic (exact) mass is 544 g/mol. The number of hydrogen-bond acceptors (Lipinski definition) is 7. The molecule has 3 unspecified atom stereocenters. The van der Waals surface area contributed by atoms with E-state index in [1.165, 1.54) is 9.88 Å². The first-order valence-electron chi connectivity index (χ1n) is 12.6. The van der Waals surface area contributed by atoms with Gasteiger partial charge in [-0.3, -0.25) is 9.69 Å². The maximum absolute atomic E-state index is 13.6. The first-order chi connectivity index (χ1) is 18.0. The lowest BCUT2D eigenvalue weighted by Crippen LogP contribution is -2.56. The number of anilines is 2. The summed E-state index contributed by atoms with van der Waals surface area (Å²) < 4.78 is 10.9. The number of hydrogen-bond donors (Lipinski definition) is 1. The van der Waals surface area contributed by atoms with Gasteiger partial charge in [0.05, 0.1) is 55.9 Å². The number of nitrogens with one attached hydrogen (secondary N) is 1. The van der Waals surface area contributed by atoms with Crippen LogP contribution in [0.2, 0.25) is 5.02 Å². The molecule has 1 N–H and O–H groups in total. The van der Waals surface area contributed by atoms with Crippen molar-refractivity contribution in [1.82, 2.24) is 15.3 Å². The Kier molecular flexibility index (Phi) is 6.52. The van der Waals surface area contributed by atoms with E-state index in [0.29, 0.717) is 57.7 Å². The number of fused-ring (bicyclic) bond motifs is 5. The molecule has 37 heavy (non-hydrogen) atoms. The molecule has 9 nitrogen and oxygen atoms in total. The summed E-state index contributed by atoms with van der Waals surface area (Å²) in [6.07, 6.45) is 6.03. The molecular weight excluding hydrogens is 514 g/mol. The molecule has 0 saturated carbocycles. The highest BCUT2D eigenvalue weighted by molar-refractivity contribution is 7.34. The van der Waals surface area contributed by atoms with Crippen molar-refractivity contribution in [2.45, 2.75) is 25.6 Å². The molecule has 2 saturated heterocycles. The van der Waals surface area contributed by atoms with Crippen LogP contribution < -0.4 is 15.2 Å². The van der Waals surface area contributed by atoms with Gasteiger partial charge >= 0.3 is 12.0 Å². The number of esters is 1. The zero-order chi connectivity index (χ0) is 25.7. The Morgan fingerprint density at radius 3 is 2.78 bits per heavy atom. The number of nitrogens with zero attached hydrogens (tertiary/aromatic N) is 4. The molecule has 0 bridgehead atoms. The number of hydrazine groups is 1. The van der Waals surface area contributed by atoms with Crippen LogP contribution in [0.25, 0.3) is 6.08 Å². The lowest BCUT2D eigenvalue weighted by atomic mass is 9.99. The predicted molar refractivity (Wildman–Crippen MR) is 145 cm³/mol. The smallest absolute Gasteiger partial charge is 0.336 e. The predicted octanol–water partition coefficient (Wildman–Crippen LogP) is 3.68. The van der Waals surface area contributed by atoms with Gasteiger partial charge in [-0.15, -0.1) is 0 Å². The SMILES string of the molecule is CCOC(=O)C1C=Cc2c1c1c([s+]2C)N2CNN(C(=O)N3CCOCC3)C2CN(c2ccccc2Cl)C1. The molecule has 1 aliphatic carbocycles. The van der Waals surface area contributed by atoms with E-state index in [1.54, 1.807) is 5.01 Å². The second-order valence-electron chi connectivity index (χ2n) is 9.51. The molecule has 11 heteroatoms. The summed E-state index contributed by atoms with van der Waals surface area (Å²) in [5.74, 6) is -0.632. The van der Waals surface area contributed by atoms with Crippen LogP contribution in [0.1, 0.15) is 28.8 Å². The summed E-state index contributed by atoms with van der Waals surface area (Å²) in [6, 6.07) is 7.76. The Bertz CT molecular complexity index is 1260. The van der Waals surface area contributed by atoms with Crippen molar-refractivity contribution in [3.63, 3.8) is 0 Å². The second-order valence-corrected chi connectivity index (χ2v) is 11.8. The van der Waals surface area contributed by atoms with Gasteiger partial charge in [0, 0.05) is 29.1 Å². The van der Waals surface area contributed by atoms with Crippen LogP contribution in [0.15, 0.2) is 30.3 Å². The summed E-state index contributed by atoms with van der Waals surface area (Å²) in [4.78, 5) is 34.1. The van der Waals surface area contributed by atoms with Crippen molar-refractivity contribution in [2.24, 2.45) is 6.26 Å². The molecule has 2 fully saturated rings.